The third kappa shape index (κ3) is 3.33. The van der Waals surface area contributed by atoms with Gasteiger partial charge in [0.25, 0.3) is 0 Å². The van der Waals surface area contributed by atoms with E-state index in [9.17, 15) is 0 Å². The van der Waals surface area contributed by atoms with Crippen molar-refractivity contribution >= 4 is 43.4 Å². The van der Waals surface area contributed by atoms with Gasteiger partial charge in [0, 0.05) is 11.0 Å². The monoisotopic (exact) mass is 363 g/mol. The maximum atomic E-state index is 5.90. The predicted octanol–water partition coefficient (Wildman–Crippen LogP) is 4.46. The molecule has 0 aliphatic carbocycles. The first-order chi connectivity index (χ1) is 10.3. The molecule has 0 amide bonds. The van der Waals surface area contributed by atoms with E-state index in [1.54, 1.807) is 11.3 Å². The van der Waals surface area contributed by atoms with E-state index in [0.717, 1.165) is 26.8 Å². The quantitative estimate of drug-likeness (QED) is 0.726. The lowest BCUT2D eigenvalue weighted by Gasteiger charge is -2.09. The van der Waals surface area contributed by atoms with Crippen molar-refractivity contribution in [3.05, 3.63) is 45.7 Å². The molecule has 3 rings (SSSR count). The topological polar surface area (TPSA) is 47.0 Å². The minimum absolute atomic E-state index is 0.479. The van der Waals surface area contributed by atoms with Crippen LogP contribution in [0.3, 0.4) is 0 Å². The third-order valence-electron chi connectivity index (χ3n) is 2.89. The number of aromatic nitrogens is 2. The number of nitrogens with zero attached hydrogens (tertiary/aromatic N) is 2. The zero-order valence-electron chi connectivity index (χ0n) is 11.5. The van der Waals surface area contributed by atoms with Crippen molar-refractivity contribution in [3.8, 4) is 5.88 Å². The molecule has 0 fully saturated rings. The summed E-state index contributed by atoms with van der Waals surface area (Å²) in [5.74, 6) is 1.23. The minimum Gasteiger partial charge on any atom is -0.472 e. The van der Waals surface area contributed by atoms with Gasteiger partial charge in [-0.2, -0.15) is 4.98 Å². The van der Waals surface area contributed by atoms with Crippen LogP contribution in [-0.2, 0) is 6.61 Å². The van der Waals surface area contributed by atoms with Gasteiger partial charge in [-0.3, -0.25) is 0 Å². The summed E-state index contributed by atoms with van der Waals surface area (Å²) in [7, 11) is 0. The summed E-state index contributed by atoms with van der Waals surface area (Å²) < 4.78 is 6.94. The van der Waals surface area contributed by atoms with Gasteiger partial charge in [-0.1, -0.05) is 28.1 Å². The number of fused-ring (bicyclic) bond motifs is 1. The summed E-state index contributed by atoms with van der Waals surface area (Å²) in [4.78, 5) is 9.85. The van der Waals surface area contributed by atoms with Gasteiger partial charge in [0.15, 0.2) is 0 Å². The Morgan fingerprint density at radius 1 is 1.29 bits per heavy atom. The molecule has 0 aliphatic rings. The fraction of sp³-hybridized carbons (Fsp3) is 0.200. The third-order valence-corrected chi connectivity index (χ3v) is 4.19. The standard InChI is InChI=1S/C15H14BrN3OS/c1-2-17-15-18-13(12-6-7-21-14(12)19-15)20-9-10-4-3-5-11(16)8-10/h3-8H,2,9H2,1H3,(H,17,18,19). The number of nitrogens with one attached hydrogen (secondary N) is 1. The maximum absolute atomic E-state index is 5.90. The molecule has 3 aromatic rings. The summed E-state index contributed by atoms with van der Waals surface area (Å²) >= 11 is 5.05. The summed E-state index contributed by atoms with van der Waals surface area (Å²) in [6, 6.07) is 10.0. The Morgan fingerprint density at radius 3 is 3.00 bits per heavy atom. The van der Waals surface area contributed by atoms with Crippen LogP contribution in [0.2, 0.25) is 0 Å². The van der Waals surface area contributed by atoms with E-state index in [1.165, 1.54) is 0 Å². The molecule has 0 bridgehead atoms. The highest BCUT2D eigenvalue weighted by molar-refractivity contribution is 9.10. The molecule has 0 atom stereocenters. The first-order valence-electron chi connectivity index (χ1n) is 6.62. The molecule has 0 radical (unpaired) electrons. The first kappa shape index (κ1) is 14.3. The highest BCUT2D eigenvalue weighted by Crippen LogP contribution is 2.28. The number of ether oxygens (including phenoxy) is 1. The van der Waals surface area contributed by atoms with Crippen LogP contribution >= 0.6 is 27.3 Å². The summed E-state index contributed by atoms with van der Waals surface area (Å²) in [5, 5.41) is 6.09. The highest BCUT2D eigenvalue weighted by Gasteiger charge is 2.10. The molecule has 2 heterocycles. The molecule has 0 unspecified atom stereocenters. The van der Waals surface area contributed by atoms with Gasteiger partial charge in [-0.25, -0.2) is 4.98 Å². The van der Waals surface area contributed by atoms with Crippen molar-refractivity contribution in [3.63, 3.8) is 0 Å². The van der Waals surface area contributed by atoms with Crippen molar-refractivity contribution in [2.24, 2.45) is 0 Å². The second kappa shape index (κ2) is 6.41. The Bertz CT molecular complexity index is 760. The Balaban J connectivity index is 1.86. The molecule has 0 aliphatic heterocycles. The number of hydrogen-bond donors (Lipinski definition) is 1. The molecular formula is C15H14BrN3OS. The van der Waals surface area contributed by atoms with Crippen molar-refractivity contribution < 1.29 is 4.74 Å². The van der Waals surface area contributed by atoms with Crippen LogP contribution in [0.15, 0.2) is 40.2 Å². The van der Waals surface area contributed by atoms with Gasteiger partial charge in [0.05, 0.1) is 5.39 Å². The number of anilines is 1. The van der Waals surface area contributed by atoms with E-state index >= 15 is 0 Å². The fourth-order valence-electron chi connectivity index (χ4n) is 1.95. The number of halogens is 1. The molecule has 0 saturated heterocycles. The minimum atomic E-state index is 0.479. The summed E-state index contributed by atoms with van der Waals surface area (Å²) in [6.07, 6.45) is 0. The lowest BCUT2D eigenvalue weighted by atomic mass is 10.2. The van der Waals surface area contributed by atoms with E-state index in [-0.39, 0.29) is 0 Å². The molecule has 108 valence electrons. The molecule has 4 nitrogen and oxygen atoms in total. The van der Waals surface area contributed by atoms with E-state index in [4.69, 9.17) is 4.74 Å². The molecule has 0 spiro atoms. The van der Waals surface area contributed by atoms with Crippen LogP contribution in [0.25, 0.3) is 10.2 Å². The first-order valence-corrected chi connectivity index (χ1v) is 8.30. The largest absolute Gasteiger partial charge is 0.472 e. The number of rotatable bonds is 5. The lowest BCUT2D eigenvalue weighted by Crippen LogP contribution is -2.04. The number of thiophene rings is 1. The van der Waals surface area contributed by atoms with Gasteiger partial charge in [0.2, 0.25) is 11.8 Å². The van der Waals surface area contributed by atoms with Crippen LogP contribution < -0.4 is 10.1 Å². The maximum Gasteiger partial charge on any atom is 0.227 e. The van der Waals surface area contributed by atoms with Gasteiger partial charge < -0.3 is 10.1 Å². The van der Waals surface area contributed by atoms with Crippen molar-refractivity contribution in [2.75, 3.05) is 11.9 Å². The second-order valence-electron chi connectivity index (χ2n) is 4.44. The van der Waals surface area contributed by atoms with Gasteiger partial charge >= 0.3 is 0 Å². The second-order valence-corrected chi connectivity index (χ2v) is 6.25. The van der Waals surface area contributed by atoms with Gasteiger partial charge in [0.1, 0.15) is 11.4 Å². The van der Waals surface area contributed by atoms with Crippen LogP contribution in [0, 0.1) is 0 Å². The lowest BCUT2D eigenvalue weighted by molar-refractivity contribution is 0.298. The Morgan fingerprint density at radius 2 is 2.19 bits per heavy atom. The number of hydrogen-bond acceptors (Lipinski definition) is 5. The molecule has 1 N–H and O–H groups in total. The van der Waals surface area contributed by atoms with Crippen molar-refractivity contribution in [1.82, 2.24) is 9.97 Å². The smallest absolute Gasteiger partial charge is 0.227 e. The van der Waals surface area contributed by atoms with E-state index < -0.39 is 0 Å². The Kier molecular flexibility index (Phi) is 4.36. The zero-order valence-corrected chi connectivity index (χ0v) is 13.9. The van der Waals surface area contributed by atoms with Crippen LogP contribution in [0.4, 0.5) is 5.95 Å². The molecule has 6 heteroatoms. The van der Waals surface area contributed by atoms with Crippen molar-refractivity contribution in [2.45, 2.75) is 13.5 Å². The molecule has 1 aromatic carbocycles. The zero-order chi connectivity index (χ0) is 14.7. The summed E-state index contributed by atoms with van der Waals surface area (Å²) in [6.45, 7) is 3.28. The molecule has 0 saturated carbocycles. The predicted molar refractivity (Wildman–Crippen MR) is 90.1 cm³/mol. The van der Waals surface area contributed by atoms with E-state index in [2.05, 4.69) is 31.2 Å². The molecule has 2 aromatic heterocycles. The van der Waals surface area contributed by atoms with Crippen molar-refractivity contribution in [1.29, 1.82) is 0 Å². The van der Waals surface area contributed by atoms with E-state index in [1.807, 2.05) is 42.6 Å². The average Bonchev–Trinajstić information content (AvgIpc) is 2.93. The average molecular weight is 364 g/mol. The van der Waals surface area contributed by atoms with Crippen LogP contribution in [0.5, 0.6) is 5.88 Å². The van der Waals surface area contributed by atoms with E-state index in [0.29, 0.717) is 18.4 Å². The van der Waals surface area contributed by atoms with Gasteiger partial charge in [-0.15, -0.1) is 11.3 Å². The summed E-state index contributed by atoms with van der Waals surface area (Å²) in [5.41, 5.74) is 1.09. The SMILES string of the molecule is CCNc1nc(OCc2cccc(Br)c2)c2ccsc2n1. The Hall–Kier alpha value is -1.66. The van der Waals surface area contributed by atoms with Crippen LogP contribution in [-0.4, -0.2) is 16.5 Å². The highest BCUT2D eigenvalue weighted by atomic mass is 79.9. The van der Waals surface area contributed by atoms with Crippen LogP contribution in [0.1, 0.15) is 12.5 Å². The number of benzene rings is 1. The normalized spacial score (nSPS) is 10.8. The fourth-order valence-corrected chi connectivity index (χ4v) is 3.16. The van der Waals surface area contributed by atoms with Gasteiger partial charge in [-0.05, 0) is 36.1 Å². The molecular weight excluding hydrogens is 350 g/mol. The Labute approximate surface area is 135 Å². The molecule has 21 heavy (non-hydrogen) atoms.